The van der Waals surface area contributed by atoms with E-state index in [-0.39, 0.29) is 6.42 Å². The van der Waals surface area contributed by atoms with Gasteiger partial charge >= 0.3 is 5.97 Å². The summed E-state index contributed by atoms with van der Waals surface area (Å²) in [7, 11) is 0. The molecule has 0 spiro atoms. The van der Waals surface area contributed by atoms with Crippen molar-refractivity contribution in [1.29, 1.82) is 0 Å². The maximum Gasteiger partial charge on any atom is 0.344 e. The molecule has 0 aliphatic heterocycles. The minimum atomic E-state index is -1.83. The van der Waals surface area contributed by atoms with Gasteiger partial charge in [-0.3, -0.25) is 10.5 Å². The summed E-state index contributed by atoms with van der Waals surface area (Å²) in [6, 6.07) is 8.83. The molecule has 4 N–H and O–H groups in total. The van der Waals surface area contributed by atoms with Gasteiger partial charge in [0.1, 0.15) is 0 Å². The van der Waals surface area contributed by atoms with E-state index < -0.39 is 17.5 Å². The molecule has 0 aliphatic carbocycles. The molecule has 5 heteroatoms. The van der Waals surface area contributed by atoms with E-state index in [0.717, 1.165) is 11.6 Å². The topological polar surface area (TPSA) is 92.4 Å². The van der Waals surface area contributed by atoms with Gasteiger partial charge < -0.3 is 10.4 Å². The SMILES string of the molecule is C=CC(=O)NC(N)(Cc1ccccc1)C(=O)O. The van der Waals surface area contributed by atoms with Gasteiger partial charge in [0, 0.05) is 6.42 Å². The van der Waals surface area contributed by atoms with Crippen LogP contribution in [0.2, 0.25) is 0 Å². The molecule has 0 radical (unpaired) electrons. The summed E-state index contributed by atoms with van der Waals surface area (Å²) in [5, 5.41) is 11.3. The zero-order chi connectivity index (χ0) is 12.9. The summed E-state index contributed by atoms with van der Waals surface area (Å²) in [6.07, 6.45) is 0.984. The van der Waals surface area contributed by atoms with Gasteiger partial charge in [-0.15, -0.1) is 0 Å². The molecule has 0 heterocycles. The fraction of sp³-hybridized carbons (Fsp3) is 0.167. The number of nitrogens with one attached hydrogen (secondary N) is 1. The average Bonchev–Trinajstić information content (AvgIpc) is 2.29. The highest BCUT2D eigenvalue weighted by Gasteiger charge is 2.35. The van der Waals surface area contributed by atoms with Crippen LogP contribution in [-0.4, -0.2) is 22.6 Å². The Morgan fingerprint density at radius 1 is 1.41 bits per heavy atom. The lowest BCUT2D eigenvalue weighted by Gasteiger charge is -2.25. The molecule has 0 saturated heterocycles. The first-order valence-electron chi connectivity index (χ1n) is 4.99. The highest BCUT2D eigenvalue weighted by molar-refractivity contribution is 5.92. The molecular formula is C12H14N2O3. The number of carbonyl (C=O) groups excluding carboxylic acids is 1. The molecule has 1 unspecified atom stereocenters. The average molecular weight is 234 g/mol. The van der Waals surface area contributed by atoms with E-state index in [9.17, 15) is 9.59 Å². The fourth-order valence-corrected chi connectivity index (χ4v) is 1.36. The maximum absolute atomic E-state index is 11.1. The van der Waals surface area contributed by atoms with Crippen molar-refractivity contribution in [3.05, 3.63) is 48.6 Å². The van der Waals surface area contributed by atoms with E-state index in [1.54, 1.807) is 24.3 Å². The number of hydrogen-bond acceptors (Lipinski definition) is 3. The molecule has 1 aromatic rings. The van der Waals surface area contributed by atoms with Crippen LogP contribution in [0.3, 0.4) is 0 Å². The molecule has 90 valence electrons. The molecule has 1 aromatic carbocycles. The highest BCUT2D eigenvalue weighted by atomic mass is 16.4. The van der Waals surface area contributed by atoms with Crippen molar-refractivity contribution in [3.8, 4) is 0 Å². The van der Waals surface area contributed by atoms with Crippen molar-refractivity contribution in [2.24, 2.45) is 5.73 Å². The van der Waals surface area contributed by atoms with Crippen molar-refractivity contribution in [3.63, 3.8) is 0 Å². The van der Waals surface area contributed by atoms with Crippen molar-refractivity contribution >= 4 is 11.9 Å². The number of amides is 1. The van der Waals surface area contributed by atoms with Gasteiger partial charge in [-0.25, -0.2) is 4.79 Å². The lowest BCUT2D eigenvalue weighted by Crippen LogP contribution is -2.62. The number of rotatable bonds is 5. The fourth-order valence-electron chi connectivity index (χ4n) is 1.36. The van der Waals surface area contributed by atoms with Crippen LogP contribution in [0.25, 0.3) is 0 Å². The molecule has 17 heavy (non-hydrogen) atoms. The Hall–Kier alpha value is -2.14. The largest absolute Gasteiger partial charge is 0.478 e. The van der Waals surface area contributed by atoms with Crippen molar-refractivity contribution in [1.82, 2.24) is 5.32 Å². The molecule has 0 fully saturated rings. The van der Waals surface area contributed by atoms with Crippen LogP contribution in [0, 0.1) is 0 Å². The molecule has 0 aromatic heterocycles. The Morgan fingerprint density at radius 3 is 2.47 bits per heavy atom. The standard InChI is InChI=1S/C12H14N2O3/c1-2-10(15)14-12(13,11(16)17)8-9-6-4-3-5-7-9/h2-7H,1,8,13H2,(H,14,15)(H,16,17). The predicted molar refractivity (Wildman–Crippen MR) is 63.0 cm³/mol. The Morgan fingerprint density at radius 2 is 2.00 bits per heavy atom. The zero-order valence-electron chi connectivity index (χ0n) is 9.22. The van der Waals surface area contributed by atoms with Crippen LogP contribution in [-0.2, 0) is 16.0 Å². The van der Waals surface area contributed by atoms with Crippen LogP contribution in [0.4, 0.5) is 0 Å². The van der Waals surface area contributed by atoms with E-state index >= 15 is 0 Å². The zero-order valence-corrected chi connectivity index (χ0v) is 9.22. The predicted octanol–water partition coefficient (Wildman–Crippen LogP) is 0.271. The number of carbonyl (C=O) groups is 2. The number of carboxylic acid groups (broad SMARTS) is 1. The molecule has 5 nitrogen and oxygen atoms in total. The van der Waals surface area contributed by atoms with Crippen LogP contribution in [0.1, 0.15) is 5.56 Å². The number of nitrogens with two attached hydrogens (primary N) is 1. The quantitative estimate of drug-likeness (QED) is 0.503. The summed E-state index contributed by atoms with van der Waals surface area (Å²) < 4.78 is 0. The van der Waals surface area contributed by atoms with E-state index in [1.807, 2.05) is 6.07 Å². The number of hydrogen-bond donors (Lipinski definition) is 3. The van der Waals surface area contributed by atoms with E-state index in [2.05, 4.69) is 11.9 Å². The number of aliphatic carboxylic acids is 1. The Balaban J connectivity index is 2.89. The number of carboxylic acids is 1. The van der Waals surface area contributed by atoms with Gasteiger partial charge in [-0.1, -0.05) is 36.9 Å². The minimum absolute atomic E-state index is 0.00273. The molecule has 0 bridgehead atoms. The summed E-state index contributed by atoms with van der Waals surface area (Å²) in [4.78, 5) is 22.3. The normalized spacial score (nSPS) is 13.5. The Kier molecular flexibility index (Phi) is 4.01. The molecule has 1 amide bonds. The van der Waals surface area contributed by atoms with Crippen LogP contribution in [0.5, 0.6) is 0 Å². The molecule has 1 rings (SSSR count). The first-order chi connectivity index (χ1) is 7.98. The van der Waals surface area contributed by atoms with Gasteiger partial charge in [-0.05, 0) is 11.6 Å². The second-order valence-electron chi connectivity index (χ2n) is 3.63. The van der Waals surface area contributed by atoms with E-state index in [1.165, 1.54) is 0 Å². The molecule has 1 atom stereocenters. The summed E-state index contributed by atoms with van der Waals surface area (Å²) in [6.45, 7) is 3.25. The van der Waals surface area contributed by atoms with Crippen LogP contribution >= 0.6 is 0 Å². The Labute approximate surface area is 98.9 Å². The summed E-state index contributed by atoms with van der Waals surface area (Å²) >= 11 is 0. The van der Waals surface area contributed by atoms with Crippen molar-refractivity contribution in [2.75, 3.05) is 0 Å². The highest BCUT2D eigenvalue weighted by Crippen LogP contribution is 2.09. The first-order valence-corrected chi connectivity index (χ1v) is 4.99. The minimum Gasteiger partial charge on any atom is -0.478 e. The lowest BCUT2D eigenvalue weighted by atomic mass is 10.0. The molecule has 0 aliphatic rings. The maximum atomic E-state index is 11.1. The monoisotopic (exact) mass is 234 g/mol. The second-order valence-corrected chi connectivity index (χ2v) is 3.63. The van der Waals surface area contributed by atoms with Gasteiger partial charge in [-0.2, -0.15) is 0 Å². The third kappa shape index (κ3) is 3.42. The number of benzene rings is 1. The van der Waals surface area contributed by atoms with Crippen molar-refractivity contribution < 1.29 is 14.7 Å². The Bertz CT molecular complexity index is 431. The molecular weight excluding hydrogens is 220 g/mol. The van der Waals surface area contributed by atoms with Crippen LogP contribution in [0.15, 0.2) is 43.0 Å². The second kappa shape index (κ2) is 5.27. The van der Waals surface area contributed by atoms with E-state index in [0.29, 0.717) is 0 Å². The van der Waals surface area contributed by atoms with Crippen LogP contribution < -0.4 is 11.1 Å². The van der Waals surface area contributed by atoms with Gasteiger partial charge in [0.25, 0.3) is 0 Å². The van der Waals surface area contributed by atoms with Gasteiger partial charge in [0.15, 0.2) is 5.66 Å². The summed E-state index contributed by atoms with van der Waals surface area (Å²) in [5.41, 5.74) is 4.57. The van der Waals surface area contributed by atoms with E-state index in [4.69, 9.17) is 10.8 Å². The first kappa shape index (κ1) is 12.9. The smallest absolute Gasteiger partial charge is 0.344 e. The lowest BCUT2D eigenvalue weighted by molar-refractivity contribution is -0.146. The molecule has 0 saturated carbocycles. The summed E-state index contributed by atoms with van der Waals surface area (Å²) in [5.74, 6) is -1.91. The third-order valence-corrected chi connectivity index (χ3v) is 2.24. The van der Waals surface area contributed by atoms with Gasteiger partial charge in [0.2, 0.25) is 5.91 Å². The van der Waals surface area contributed by atoms with Crippen molar-refractivity contribution in [2.45, 2.75) is 12.1 Å². The third-order valence-electron chi connectivity index (χ3n) is 2.24. The van der Waals surface area contributed by atoms with Gasteiger partial charge in [0.05, 0.1) is 0 Å².